The number of carbonyl (C=O) groups excluding carboxylic acids is 1. The molecule has 0 saturated heterocycles. The summed E-state index contributed by atoms with van der Waals surface area (Å²) in [6.07, 6.45) is 5.14. The number of phenols is 1. The Morgan fingerprint density at radius 3 is 2.88 bits per heavy atom. The minimum absolute atomic E-state index is 0.0371. The maximum atomic E-state index is 11.7. The number of hydrogen-bond acceptors (Lipinski definition) is 4. The fraction of sp³-hybridized carbons (Fsp3) is 0.308. The Morgan fingerprint density at radius 2 is 2.29 bits per heavy atom. The number of para-hydroxylation sites is 1. The lowest BCUT2D eigenvalue weighted by Crippen LogP contribution is -2.30. The molecule has 1 rings (SSSR count). The van der Waals surface area contributed by atoms with Crippen LogP contribution in [0.5, 0.6) is 5.75 Å². The third-order valence-electron chi connectivity index (χ3n) is 2.18. The molecule has 1 unspecified atom stereocenters. The molecule has 0 radical (unpaired) electrons. The van der Waals surface area contributed by atoms with Crippen molar-refractivity contribution >= 4 is 5.97 Å². The normalized spacial score (nSPS) is 11.5. The molecule has 0 spiro atoms. The van der Waals surface area contributed by atoms with Crippen LogP contribution in [0.4, 0.5) is 0 Å². The number of hydrogen-bond donors (Lipinski definition) is 2. The molecule has 4 nitrogen and oxygen atoms in total. The van der Waals surface area contributed by atoms with Gasteiger partial charge in [-0.3, -0.25) is 5.32 Å². The number of ether oxygens (including phenoxy) is 1. The number of phenolic OH excluding ortho intramolecular Hbond substituents is 1. The van der Waals surface area contributed by atoms with Crippen LogP contribution in [0.3, 0.4) is 0 Å². The van der Waals surface area contributed by atoms with Gasteiger partial charge >= 0.3 is 5.97 Å². The number of aromatic hydroxyl groups is 1. The number of rotatable bonds is 5. The van der Waals surface area contributed by atoms with Gasteiger partial charge in [0.2, 0.25) is 0 Å². The second-order valence-corrected chi connectivity index (χ2v) is 3.33. The molecule has 0 aliphatic rings. The lowest BCUT2D eigenvalue weighted by atomic mass is 10.1. The van der Waals surface area contributed by atoms with Crippen molar-refractivity contribution in [1.82, 2.24) is 5.32 Å². The van der Waals surface area contributed by atoms with Crippen LogP contribution in [0.15, 0.2) is 24.3 Å². The van der Waals surface area contributed by atoms with Crippen LogP contribution in [0.2, 0.25) is 0 Å². The van der Waals surface area contributed by atoms with Crippen molar-refractivity contribution in [3.63, 3.8) is 0 Å². The third kappa shape index (κ3) is 3.51. The highest BCUT2D eigenvalue weighted by atomic mass is 16.5. The number of nitrogens with one attached hydrogen (secondary N) is 1. The number of terminal acetylenes is 1. The van der Waals surface area contributed by atoms with E-state index in [0.29, 0.717) is 5.56 Å². The minimum atomic E-state index is -0.743. The summed E-state index contributed by atoms with van der Waals surface area (Å²) in [5.74, 6) is 1.97. The predicted molar refractivity (Wildman–Crippen MR) is 64.3 cm³/mol. The Kier molecular flexibility index (Phi) is 5.05. The van der Waals surface area contributed by atoms with Crippen LogP contribution >= 0.6 is 0 Å². The average Bonchev–Trinajstić information content (AvgIpc) is 2.32. The van der Waals surface area contributed by atoms with Gasteiger partial charge in [0.05, 0.1) is 13.2 Å². The molecule has 0 bridgehead atoms. The molecule has 0 saturated carbocycles. The molecule has 1 aromatic rings. The standard InChI is InChI=1S/C13H15NO3/c1-3-9-14-12(13(16)17-4-2)10-7-5-6-8-11(10)15/h1,5-8,12,14-15H,4,9H2,2H3. The quantitative estimate of drug-likeness (QED) is 0.593. The first-order valence-electron chi connectivity index (χ1n) is 5.32. The van der Waals surface area contributed by atoms with E-state index < -0.39 is 12.0 Å². The molecule has 2 N–H and O–H groups in total. The van der Waals surface area contributed by atoms with E-state index >= 15 is 0 Å². The van der Waals surface area contributed by atoms with Crippen molar-refractivity contribution in [2.24, 2.45) is 0 Å². The zero-order chi connectivity index (χ0) is 12.7. The van der Waals surface area contributed by atoms with Crippen LogP contribution in [0.25, 0.3) is 0 Å². The fourth-order valence-corrected chi connectivity index (χ4v) is 1.44. The SMILES string of the molecule is C#CCNC(C(=O)OCC)c1ccccc1O. The first-order chi connectivity index (χ1) is 8.20. The zero-order valence-electron chi connectivity index (χ0n) is 9.64. The van der Waals surface area contributed by atoms with Crippen molar-refractivity contribution in [2.75, 3.05) is 13.2 Å². The highest BCUT2D eigenvalue weighted by molar-refractivity contribution is 5.78. The van der Waals surface area contributed by atoms with Crippen molar-refractivity contribution in [3.05, 3.63) is 29.8 Å². The smallest absolute Gasteiger partial charge is 0.327 e. The summed E-state index contributed by atoms with van der Waals surface area (Å²) >= 11 is 0. The molecule has 0 aliphatic carbocycles. The van der Waals surface area contributed by atoms with E-state index in [-0.39, 0.29) is 18.9 Å². The first-order valence-corrected chi connectivity index (χ1v) is 5.32. The average molecular weight is 233 g/mol. The Balaban J connectivity index is 2.94. The van der Waals surface area contributed by atoms with Crippen LogP contribution in [-0.2, 0) is 9.53 Å². The molecule has 0 aromatic heterocycles. The van der Waals surface area contributed by atoms with Gasteiger partial charge in [0.15, 0.2) is 0 Å². The molecule has 90 valence electrons. The molecule has 1 atom stereocenters. The second-order valence-electron chi connectivity index (χ2n) is 3.33. The molecule has 0 aliphatic heterocycles. The topological polar surface area (TPSA) is 58.6 Å². The van der Waals surface area contributed by atoms with E-state index in [2.05, 4.69) is 11.2 Å². The molecular weight excluding hydrogens is 218 g/mol. The summed E-state index contributed by atoms with van der Waals surface area (Å²) in [5, 5.41) is 12.5. The highest BCUT2D eigenvalue weighted by Crippen LogP contribution is 2.24. The first kappa shape index (κ1) is 13.1. The maximum Gasteiger partial charge on any atom is 0.327 e. The van der Waals surface area contributed by atoms with Crippen LogP contribution in [0, 0.1) is 12.3 Å². The summed E-state index contributed by atoms with van der Waals surface area (Å²) in [6, 6.07) is 5.84. The summed E-state index contributed by atoms with van der Waals surface area (Å²) < 4.78 is 4.93. The van der Waals surface area contributed by atoms with Gasteiger partial charge in [-0.05, 0) is 13.0 Å². The van der Waals surface area contributed by atoms with Crippen molar-refractivity contribution in [3.8, 4) is 18.1 Å². The molecule has 17 heavy (non-hydrogen) atoms. The zero-order valence-corrected chi connectivity index (χ0v) is 9.64. The van der Waals surface area contributed by atoms with Gasteiger partial charge in [-0.2, -0.15) is 0 Å². The van der Waals surface area contributed by atoms with Crippen molar-refractivity contribution in [2.45, 2.75) is 13.0 Å². The lowest BCUT2D eigenvalue weighted by molar-refractivity contribution is -0.145. The molecule has 0 amide bonds. The second kappa shape index (κ2) is 6.56. The van der Waals surface area contributed by atoms with E-state index in [1.807, 2.05) is 0 Å². The van der Waals surface area contributed by atoms with Gasteiger partial charge < -0.3 is 9.84 Å². The minimum Gasteiger partial charge on any atom is -0.508 e. The van der Waals surface area contributed by atoms with Gasteiger partial charge in [-0.15, -0.1) is 6.42 Å². The summed E-state index contributed by atoms with van der Waals surface area (Å²) in [6.45, 7) is 2.22. The Bertz CT molecular complexity index is 423. The largest absolute Gasteiger partial charge is 0.508 e. The van der Waals surface area contributed by atoms with E-state index in [0.717, 1.165) is 0 Å². The summed E-state index contributed by atoms with van der Waals surface area (Å²) in [7, 11) is 0. The molecule has 4 heteroatoms. The Morgan fingerprint density at radius 1 is 1.59 bits per heavy atom. The summed E-state index contributed by atoms with van der Waals surface area (Å²) in [5.41, 5.74) is 0.459. The summed E-state index contributed by atoms with van der Waals surface area (Å²) in [4.78, 5) is 11.7. The monoisotopic (exact) mass is 233 g/mol. The van der Waals surface area contributed by atoms with Crippen LogP contribution in [-0.4, -0.2) is 24.2 Å². The number of esters is 1. The third-order valence-corrected chi connectivity index (χ3v) is 2.18. The number of carbonyl (C=O) groups is 1. The highest BCUT2D eigenvalue weighted by Gasteiger charge is 2.23. The van der Waals surface area contributed by atoms with Gasteiger partial charge in [0.1, 0.15) is 11.8 Å². The molecule has 1 aromatic carbocycles. The van der Waals surface area contributed by atoms with Gasteiger partial charge in [-0.1, -0.05) is 24.1 Å². The fourth-order valence-electron chi connectivity index (χ4n) is 1.44. The van der Waals surface area contributed by atoms with Crippen molar-refractivity contribution in [1.29, 1.82) is 0 Å². The maximum absolute atomic E-state index is 11.7. The molecular formula is C13H15NO3. The van der Waals surface area contributed by atoms with Crippen LogP contribution in [0.1, 0.15) is 18.5 Å². The van der Waals surface area contributed by atoms with Crippen molar-refractivity contribution < 1.29 is 14.6 Å². The van der Waals surface area contributed by atoms with E-state index in [1.165, 1.54) is 6.07 Å². The van der Waals surface area contributed by atoms with E-state index in [4.69, 9.17) is 11.2 Å². The van der Waals surface area contributed by atoms with E-state index in [1.54, 1.807) is 25.1 Å². The predicted octanol–water partition coefficient (Wildman–Crippen LogP) is 1.22. The molecule has 0 fully saturated rings. The molecule has 0 heterocycles. The van der Waals surface area contributed by atoms with Crippen LogP contribution < -0.4 is 5.32 Å². The van der Waals surface area contributed by atoms with Gasteiger partial charge in [-0.25, -0.2) is 4.79 Å². The number of benzene rings is 1. The van der Waals surface area contributed by atoms with Gasteiger partial charge in [0, 0.05) is 5.56 Å². The Hall–Kier alpha value is -1.99. The van der Waals surface area contributed by atoms with E-state index in [9.17, 15) is 9.90 Å². The van der Waals surface area contributed by atoms with Gasteiger partial charge in [0.25, 0.3) is 0 Å². The lowest BCUT2D eigenvalue weighted by Gasteiger charge is -2.17. The Labute approximate surface area is 101 Å².